The number of hydrogen-bond donors (Lipinski definition) is 2. The number of nitrogens with zero attached hydrogens (tertiary/aromatic N) is 3. The maximum Gasteiger partial charge on any atom is 0.228 e. The van der Waals surface area contributed by atoms with Crippen molar-refractivity contribution in [3.8, 4) is 11.4 Å². The van der Waals surface area contributed by atoms with Gasteiger partial charge in [0.2, 0.25) is 5.91 Å². The number of nitrogens with one attached hydrogen (secondary N) is 1. The van der Waals surface area contributed by atoms with Crippen molar-refractivity contribution in [3.63, 3.8) is 0 Å². The van der Waals surface area contributed by atoms with Crippen LogP contribution in [0.15, 0.2) is 48.8 Å². The van der Waals surface area contributed by atoms with E-state index < -0.39 is 0 Å². The summed E-state index contributed by atoms with van der Waals surface area (Å²) in [6.07, 6.45) is 4.78. The van der Waals surface area contributed by atoms with Gasteiger partial charge in [-0.15, -0.1) is 0 Å². The van der Waals surface area contributed by atoms with Crippen LogP contribution in [-0.2, 0) is 29.5 Å². The number of ether oxygens (including phenoxy) is 1. The molecule has 1 amide bonds. The lowest BCUT2D eigenvalue weighted by Gasteiger charge is -2.19. The Balaban J connectivity index is 1.42. The molecule has 0 radical (unpaired) electrons. The van der Waals surface area contributed by atoms with E-state index in [4.69, 9.17) is 10.5 Å². The quantitative estimate of drug-likeness (QED) is 0.430. The summed E-state index contributed by atoms with van der Waals surface area (Å²) in [7, 11) is 1.63. The number of rotatable bonds is 5. The van der Waals surface area contributed by atoms with E-state index in [9.17, 15) is 4.79 Å². The molecule has 0 fully saturated rings. The molecule has 0 bridgehead atoms. The first kappa shape index (κ1) is 22.9. The van der Waals surface area contributed by atoms with Gasteiger partial charge in [-0.05, 0) is 54.0 Å². The maximum atomic E-state index is 12.8. The Hall–Kier alpha value is -3.87. The Morgan fingerprint density at radius 3 is 2.60 bits per heavy atom. The lowest BCUT2D eigenvalue weighted by atomic mass is 9.87. The monoisotopic (exact) mass is 469 g/mol. The van der Waals surface area contributed by atoms with Gasteiger partial charge in [0, 0.05) is 28.7 Å². The highest BCUT2D eigenvalue weighted by Gasteiger charge is 2.25. The average molecular weight is 470 g/mol. The van der Waals surface area contributed by atoms with Crippen LogP contribution in [0.25, 0.3) is 16.7 Å². The third kappa shape index (κ3) is 4.22. The Morgan fingerprint density at radius 1 is 1.11 bits per heavy atom. The Morgan fingerprint density at radius 2 is 1.89 bits per heavy atom. The minimum Gasteiger partial charge on any atom is -0.496 e. The lowest BCUT2D eigenvalue weighted by molar-refractivity contribution is -0.115. The van der Waals surface area contributed by atoms with E-state index in [-0.39, 0.29) is 17.7 Å². The molecule has 0 saturated carbocycles. The molecule has 0 spiro atoms. The average Bonchev–Trinajstić information content (AvgIpc) is 3.41. The van der Waals surface area contributed by atoms with Gasteiger partial charge < -0.3 is 20.4 Å². The van der Waals surface area contributed by atoms with E-state index in [1.165, 1.54) is 23.1 Å². The highest BCUT2D eigenvalue weighted by Crippen LogP contribution is 2.37. The Kier molecular flexibility index (Phi) is 5.71. The highest BCUT2D eigenvalue weighted by molar-refractivity contribution is 5.93. The van der Waals surface area contributed by atoms with Crippen molar-refractivity contribution in [2.45, 2.75) is 51.9 Å². The molecule has 1 aliphatic rings. The number of hydrogen-bond acceptors (Lipinski definition) is 5. The van der Waals surface area contributed by atoms with Crippen molar-refractivity contribution in [2.75, 3.05) is 18.2 Å². The normalized spacial score (nSPS) is 13.1. The first-order valence-electron chi connectivity index (χ1n) is 12.0. The summed E-state index contributed by atoms with van der Waals surface area (Å²) in [5.74, 6) is 1.03. The molecule has 3 N–H and O–H groups in total. The molecule has 7 nitrogen and oxygen atoms in total. The SMILES string of the molecule is COc1cc(-n2c3c(c4ncnc(N)c42)CCC3)ccc1CC(=O)Nc1ccc(C(C)(C)C)cc1. The number of anilines is 2. The van der Waals surface area contributed by atoms with Gasteiger partial charge in [0.25, 0.3) is 0 Å². The maximum absolute atomic E-state index is 12.8. The smallest absolute Gasteiger partial charge is 0.228 e. The summed E-state index contributed by atoms with van der Waals surface area (Å²) in [4.78, 5) is 21.6. The van der Waals surface area contributed by atoms with Gasteiger partial charge in [0.15, 0.2) is 5.82 Å². The molecule has 4 aromatic rings. The van der Waals surface area contributed by atoms with E-state index in [1.807, 2.05) is 30.3 Å². The summed E-state index contributed by atoms with van der Waals surface area (Å²) in [5.41, 5.74) is 14.3. The van der Waals surface area contributed by atoms with E-state index in [0.717, 1.165) is 47.2 Å². The summed E-state index contributed by atoms with van der Waals surface area (Å²) in [6, 6.07) is 13.9. The fraction of sp³-hybridized carbons (Fsp3) is 0.321. The first-order valence-corrected chi connectivity index (χ1v) is 12.0. The predicted molar refractivity (Wildman–Crippen MR) is 139 cm³/mol. The number of benzene rings is 2. The molecule has 0 aliphatic heterocycles. The van der Waals surface area contributed by atoms with Crippen LogP contribution < -0.4 is 15.8 Å². The number of nitrogen functional groups attached to an aromatic ring is 1. The van der Waals surface area contributed by atoms with E-state index in [2.05, 4.69) is 52.8 Å². The van der Waals surface area contributed by atoms with E-state index in [0.29, 0.717) is 11.6 Å². The number of methoxy groups -OCH3 is 1. The fourth-order valence-electron chi connectivity index (χ4n) is 4.93. The van der Waals surface area contributed by atoms with E-state index in [1.54, 1.807) is 7.11 Å². The van der Waals surface area contributed by atoms with Crippen molar-refractivity contribution in [1.29, 1.82) is 0 Å². The molecular weight excluding hydrogens is 438 g/mol. The molecule has 7 heteroatoms. The highest BCUT2D eigenvalue weighted by atomic mass is 16.5. The lowest BCUT2D eigenvalue weighted by Crippen LogP contribution is -2.16. The van der Waals surface area contributed by atoms with Gasteiger partial charge in [-0.3, -0.25) is 4.79 Å². The van der Waals surface area contributed by atoms with Crippen LogP contribution in [0.5, 0.6) is 5.75 Å². The van der Waals surface area contributed by atoms with Crippen LogP contribution in [0.1, 0.15) is 49.6 Å². The molecule has 2 aromatic heterocycles. The van der Waals surface area contributed by atoms with Gasteiger partial charge >= 0.3 is 0 Å². The number of nitrogens with two attached hydrogens (primary N) is 1. The number of carbonyl (C=O) groups excluding carboxylic acids is 1. The molecule has 0 unspecified atom stereocenters. The number of aryl methyl sites for hydroxylation is 1. The van der Waals surface area contributed by atoms with Gasteiger partial charge in [-0.1, -0.05) is 39.0 Å². The number of amides is 1. The predicted octanol–water partition coefficient (Wildman–Crippen LogP) is 4.98. The summed E-state index contributed by atoms with van der Waals surface area (Å²) in [6.45, 7) is 6.51. The van der Waals surface area contributed by atoms with Gasteiger partial charge in [0.05, 0.1) is 19.0 Å². The van der Waals surface area contributed by atoms with Crippen molar-refractivity contribution in [2.24, 2.45) is 0 Å². The molecule has 2 heterocycles. The zero-order valence-corrected chi connectivity index (χ0v) is 20.7. The first-order chi connectivity index (χ1) is 16.8. The molecule has 35 heavy (non-hydrogen) atoms. The minimum atomic E-state index is -0.0930. The molecule has 1 aliphatic carbocycles. The number of carbonyl (C=O) groups is 1. The Labute approximate surface area is 205 Å². The second-order valence-corrected chi connectivity index (χ2v) is 10.1. The van der Waals surface area contributed by atoms with Crippen LogP contribution in [0, 0.1) is 0 Å². The summed E-state index contributed by atoms with van der Waals surface area (Å²) in [5, 5.41) is 3.00. The zero-order valence-electron chi connectivity index (χ0n) is 20.7. The van der Waals surface area contributed by atoms with Crippen molar-refractivity contribution in [3.05, 3.63) is 71.2 Å². The number of aromatic nitrogens is 3. The van der Waals surface area contributed by atoms with Gasteiger partial charge in [0.1, 0.15) is 17.6 Å². The molecule has 2 aromatic carbocycles. The zero-order chi connectivity index (χ0) is 24.7. The molecular formula is C28H31N5O2. The Bertz CT molecular complexity index is 1410. The van der Waals surface area contributed by atoms with E-state index >= 15 is 0 Å². The van der Waals surface area contributed by atoms with Crippen LogP contribution in [0.3, 0.4) is 0 Å². The summed E-state index contributed by atoms with van der Waals surface area (Å²) >= 11 is 0. The third-order valence-electron chi connectivity index (χ3n) is 6.73. The van der Waals surface area contributed by atoms with Crippen molar-refractivity contribution >= 4 is 28.4 Å². The van der Waals surface area contributed by atoms with Crippen LogP contribution >= 0.6 is 0 Å². The third-order valence-corrected chi connectivity index (χ3v) is 6.73. The second-order valence-electron chi connectivity index (χ2n) is 10.1. The topological polar surface area (TPSA) is 95.1 Å². The minimum absolute atomic E-state index is 0.0691. The van der Waals surface area contributed by atoms with Crippen molar-refractivity contribution < 1.29 is 9.53 Å². The van der Waals surface area contributed by atoms with Gasteiger partial charge in [-0.2, -0.15) is 0 Å². The summed E-state index contributed by atoms with van der Waals surface area (Å²) < 4.78 is 7.84. The molecule has 0 atom stereocenters. The molecule has 5 rings (SSSR count). The standard InChI is InChI=1S/C28H31N5O2/c1-28(2,3)18-9-11-19(12-10-18)32-24(34)14-17-8-13-20(15-23(17)35-4)33-22-7-5-6-21(22)25-26(33)27(29)31-16-30-25/h8-13,15-16H,5-7,14H2,1-4H3,(H,32,34)(H2,29,30,31). The largest absolute Gasteiger partial charge is 0.496 e. The number of fused-ring (bicyclic) bond motifs is 3. The van der Waals surface area contributed by atoms with Crippen molar-refractivity contribution in [1.82, 2.24) is 14.5 Å². The van der Waals surface area contributed by atoms with Crippen LogP contribution in [-0.4, -0.2) is 27.6 Å². The molecule has 0 saturated heterocycles. The van der Waals surface area contributed by atoms with Crippen LogP contribution in [0.2, 0.25) is 0 Å². The molecule has 180 valence electrons. The van der Waals surface area contributed by atoms with Gasteiger partial charge in [-0.25, -0.2) is 9.97 Å². The fourth-order valence-corrected chi connectivity index (χ4v) is 4.93. The van der Waals surface area contributed by atoms with Crippen LogP contribution in [0.4, 0.5) is 11.5 Å². The second kappa shape index (κ2) is 8.73.